The molecule has 1 saturated heterocycles. The molecule has 2 aliphatic rings. The van der Waals surface area contributed by atoms with Gasteiger partial charge in [-0.15, -0.1) is 0 Å². The van der Waals surface area contributed by atoms with Crippen molar-refractivity contribution in [3.8, 4) is 23.0 Å². The molecule has 0 spiro atoms. The summed E-state index contributed by atoms with van der Waals surface area (Å²) in [5.41, 5.74) is 1.77. The topological polar surface area (TPSA) is 94.6 Å². The summed E-state index contributed by atoms with van der Waals surface area (Å²) in [6.07, 6.45) is 0. The van der Waals surface area contributed by atoms with Crippen LogP contribution in [0.4, 0.5) is 5.69 Å². The number of ether oxygens (including phenoxy) is 4. The highest BCUT2D eigenvalue weighted by molar-refractivity contribution is 6.24. The number of hydrogen-bond acceptors (Lipinski definition) is 7. The zero-order chi connectivity index (χ0) is 26.3. The number of carbonyl (C=O) groups is 3. The van der Waals surface area contributed by atoms with E-state index in [-0.39, 0.29) is 17.0 Å². The van der Waals surface area contributed by atoms with Gasteiger partial charge in [-0.25, -0.2) is 0 Å². The normalized spacial score (nSPS) is 18.4. The van der Waals surface area contributed by atoms with E-state index in [1.54, 1.807) is 65.6 Å². The molecule has 0 radical (unpaired) electrons. The van der Waals surface area contributed by atoms with Crippen LogP contribution < -0.4 is 23.8 Å². The molecule has 0 aliphatic carbocycles. The lowest BCUT2D eigenvalue weighted by Gasteiger charge is -2.49. The maximum atomic E-state index is 13.7. The van der Waals surface area contributed by atoms with Crippen LogP contribution in [0.2, 0.25) is 0 Å². The first-order valence-corrected chi connectivity index (χ1v) is 11.8. The largest absolute Gasteiger partial charge is 0.494 e. The van der Waals surface area contributed by atoms with Crippen LogP contribution in [0, 0.1) is 0 Å². The Hall–Kier alpha value is -4.53. The first kappa shape index (κ1) is 24.2. The summed E-state index contributed by atoms with van der Waals surface area (Å²) >= 11 is 0. The van der Waals surface area contributed by atoms with Gasteiger partial charge in [0.25, 0.3) is 17.7 Å². The van der Waals surface area contributed by atoms with Crippen LogP contribution in [0.5, 0.6) is 23.0 Å². The lowest BCUT2D eigenvalue weighted by atomic mass is 9.86. The molecule has 0 aromatic heterocycles. The maximum Gasteiger partial charge on any atom is 0.262 e. The molecule has 9 nitrogen and oxygen atoms in total. The highest BCUT2D eigenvalue weighted by Gasteiger charge is 2.57. The monoisotopic (exact) mass is 502 g/mol. The number of benzene rings is 3. The van der Waals surface area contributed by atoms with Crippen LogP contribution in [-0.2, 0) is 4.79 Å². The van der Waals surface area contributed by atoms with Gasteiger partial charge in [0.1, 0.15) is 11.8 Å². The Morgan fingerprint density at radius 3 is 1.78 bits per heavy atom. The second-order valence-electron chi connectivity index (χ2n) is 8.51. The number of β-lactam (4-membered cyclic amide) rings is 1. The van der Waals surface area contributed by atoms with Crippen molar-refractivity contribution in [3.63, 3.8) is 0 Å². The Kier molecular flexibility index (Phi) is 6.20. The van der Waals surface area contributed by atoms with Crippen LogP contribution in [0.15, 0.2) is 60.7 Å². The predicted octanol–water partition coefficient (Wildman–Crippen LogP) is 3.86. The van der Waals surface area contributed by atoms with Gasteiger partial charge in [0.15, 0.2) is 11.5 Å². The molecule has 3 aromatic rings. The van der Waals surface area contributed by atoms with Crippen molar-refractivity contribution in [2.45, 2.75) is 19.0 Å². The van der Waals surface area contributed by atoms with Crippen molar-refractivity contribution >= 4 is 23.4 Å². The summed E-state index contributed by atoms with van der Waals surface area (Å²) < 4.78 is 22.0. The third-order valence-corrected chi connectivity index (χ3v) is 6.63. The van der Waals surface area contributed by atoms with Crippen molar-refractivity contribution in [1.82, 2.24) is 4.90 Å². The molecule has 0 unspecified atom stereocenters. The van der Waals surface area contributed by atoms with Gasteiger partial charge in [0, 0.05) is 5.69 Å². The Morgan fingerprint density at radius 1 is 0.730 bits per heavy atom. The number of nitrogens with zero attached hydrogens (tertiary/aromatic N) is 2. The lowest BCUT2D eigenvalue weighted by molar-refractivity contribution is -0.130. The third-order valence-electron chi connectivity index (χ3n) is 6.63. The van der Waals surface area contributed by atoms with Gasteiger partial charge in [0.2, 0.25) is 5.75 Å². The molecule has 5 rings (SSSR count). The average Bonchev–Trinajstić information content (AvgIpc) is 3.17. The number of carbonyl (C=O) groups excluding carboxylic acids is 3. The molecule has 2 heterocycles. The molecular formula is C28H26N2O7. The summed E-state index contributed by atoms with van der Waals surface area (Å²) in [6.45, 7) is 2.40. The van der Waals surface area contributed by atoms with E-state index >= 15 is 0 Å². The number of methoxy groups -OCH3 is 3. The lowest BCUT2D eigenvalue weighted by Crippen LogP contribution is -2.67. The first-order chi connectivity index (χ1) is 17.9. The second-order valence-corrected chi connectivity index (χ2v) is 8.51. The zero-order valence-corrected chi connectivity index (χ0v) is 20.9. The standard InChI is InChI=1S/C28H26N2O7/c1-5-37-18-12-10-17(11-13-18)29-23(16-14-21(34-2)25(36-4)22(15-16)35-3)24(28(29)33)30-26(31)19-8-6-7-9-20(19)27(30)32/h6-15,23-24H,5H2,1-4H3/t23-,24+/m1/s1. The zero-order valence-electron chi connectivity index (χ0n) is 20.9. The smallest absolute Gasteiger partial charge is 0.262 e. The van der Waals surface area contributed by atoms with Crippen LogP contribution in [0.1, 0.15) is 39.2 Å². The van der Waals surface area contributed by atoms with Crippen LogP contribution in [0.25, 0.3) is 0 Å². The summed E-state index contributed by atoms with van der Waals surface area (Å²) in [5, 5.41) is 0. The molecule has 3 amide bonds. The molecule has 2 aliphatic heterocycles. The van der Waals surface area contributed by atoms with E-state index in [4.69, 9.17) is 18.9 Å². The average molecular weight is 503 g/mol. The molecule has 37 heavy (non-hydrogen) atoms. The van der Waals surface area contributed by atoms with Crippen LogP contribution >= 0.6 is 0 Å². The van der Waals surface area contributed by atoms with E-state index < -0.39 is 23.9 Å². The number of amides is 3. The van der Waals surface area contributed by atoms with Gasteiger partial charge in [-0.1, -0.05) is 12.1 Å². The highest BCUT2D eigenvalue weighted by atomic mass is 16.5. The minimum Gasteiger partial charge on any atom is -0.494 e. The Labute approximate surface area is 214 Å². The fourth-order valence-electron chi connectivity index (χ4n) is 4.95. The number of anilines is 1. The molecule has 1 fully saturated rings. The fraction of sp³-hybridized carbons (Fsp3) is 0.250. The van der Waals surface area contributed by atoms with Gasteiger partial charge < -0.3 is 23.8 Å². The molecule has 0 bridgehead atoms. The summed E-state index contributed by atoms with van der Waals surface area (Å²) in [4.78, 5) is 42.9. The van der Waals surface area contributed by atoms with Crippen molar-refractivity contribution < 1.29 is 33.3 Å². The Balaban J connectivity index is 1.62. The van der Waals surface area contributed by atoms with Crippen molar-refractivity contribution in [1.29, 1.82) is 0 Å². The quantitative estimate of drug-likeness (QED) is 0.341. The van der Waals surface area contributed by atoms with E-state index in [9.17, 15) is 14.4 Å². The number of rotatable bonds is 8. The molecule has 190 valence electrons. The Morgan fingerprint density at radius 2 is 1.30 bits per heavy atom. The molecule has 3 aromatic carbocycles. The maximum absolute atomic E-state index is 13.7. The van der Waals surface area contributed by atoms with E-state index in [1.807, 2.05) is 6.92 Å². The van der Waals surface area contributed by atoms with Crippen LogP contribution in [-0.4, -0.2) is 56.6 Å². The number of fused-ring (bicyclic) bond motifs is 1. The van der Waals surface area contributed by atoms with Crippen molar-refractivity contribution in [2.75, 3.05) is 32.8 Å². The molecule has 9 heteroatoms. The minimum atomic E-state index is -1.05. The van der Waals surface area contributed by atoms with Crippen molar-refractivity contribution in [2.24, 2.45) is 0 Å². The highest BCUT2D eigenvalue weighted by Crippen LogP contribution is 2.48. The number of hydrogen-bond donors (Lipinski definition) is 0. The Bertz CT molecular complexity index is 1330. The molecule has 0 N–H and O–H groups in total. The van der Waals surface area contributed by atoms with Gasteiger partial charge in [-0.2, -0.15) is 0 Å². The number of imide groups is 1. The molecule has 2 atom stereocenters. The predicted molar refractivity (Wildman–Crippen MR) is 135 cm³/mol. The van der Waals surface area contributed by atoms with Gasteiger partial charge in [-0.05, 0) is 61.0 Å². The van der Waals surface area contributed by atoms with Gasteiger partial charge in [0.05, 0.1) is 45.1 Å². The summed E-state index contributed by atoms with van der Waals surface area (Å²) in [5.74, 6) is 0.473. The molecule has 0 saturated carbocycles. The second kappa shape index (κ2) is 9.50. The van der Waals surface area contributed by atoms with Gasteiger partial charge in [-0.3, -0.25) is 19.3 Å². The summed E-state index contributed by atoms with van der Waals surface area (Å²) in [6, 6.07) is 15.4. The molecular weight excluding hydrogens is 476 g/mol. The van der Waals surface area contributed by atoms with Crippen molar-refractivity contribution in [3.05, 3.63) is 77.4 Å². The van der Waals surface area contributed by atoms with E-state index in [0.29, 0.717) is 40.9 Å². The van der Waals surface area contributed by atoms with Crippen LogP contribution in [0.3, 0.4) is 0 Å². The first-order valence-electron chi connectivity index (χ1n) is 11.8. The SMILES string of the molecule is CCOc1ccc(N2C(=O)[C@@H](N3C(=O)c4ccccc4C3=O)[C@H]2c2cc(OC)c(OC)c(OC)c2)cc1. The third kappa shape index (κ3) is 3.74. The summed E-state index contributed by atoms with van der Waals surface area (Å²) in [7, 11) is 4.50. The van der Waals surface area contributed by atoms with E-state index in [2.05, 4.69) is 0 Å². The fourth-order valence-corrected chi connectivity index (χ4v) is 4.95. The van der Waals surface area contributed by atoms with E-state index in [1.165, 1.54) is 21.3 Å². The van der Waals surface area contributed by atoms with Gasteiger partial charge >= 0.3 is 0 Å². The van der Waals surface area contributed by atoms with E-state index in [0.717, 1.165) is 4.90 Å². The minimum absolute atomic E-state index is 0.281.